The van der Waals surface area contributed by atoms with Crippen LogP contribution in [-0.2, 0) is 13.0 Å². The van der Waals surface area contributed by atoms with Gasteiger partial charge in [0.25, 0.3) is 0 Å². The average Bonchev–Trinajstić information content (AvgIpc) is 3.11. The number of aromatic nitrogens is 2. The molecule has 9 heteroatoms. The molecule has 2 aromatic rings. The Labute approximate surface area is 162 Å². The second-order valence-corrected chi connectivity index (χ2v) is 6.88. The van der Waals surface area contributed by atoms with E-state index < -0.39 is 0 Å². The van der Waals surface area contributed by atoms with E-state index in [9.17, 15) is 0 Å². The molecule has 0 bridgehead atoms. The van der Waals surface area contributed by atoms with Gasteiger partial charge in [-0.1, -0.05) is 0 Å². The average molecular weight is 466 g/mol. The molecule has 0 atom stereocenters. The number of halogens is 1. The molecule has 0 aliphatic carbocycles. The molecule has 0 spiro atoms. The Bertz CT molecular complexity index is 622. The summed E-state index contributed by atoms with van der Waals surface area (Å²) in [5, 5.41) is 12.9. The van der Waals surface area contributed by atoms with Crippen LogP contribution in [0.5, 0.6) is 0 Å². The first-order valence-electron chi connectivity index (χ1n) is 7.05. The Morgan fingerprint density at radius 2 is 1.91 bits per heavy atom. The van der Waals surface area contributed by atoms with Gasteiger partial charge in [-0.3, -0.25) is 4.99 Å². The van der Waals surface area contributed by atoms with Gasteiger partial charge in [0.2, 0.25) is 0 Å². The monoisotopic (exact) mass is 466 g/mol. The molecule has 0 aliphatic heterocycles. The van der Waals surface area contributed by atoms with Gasteiger partial charge >= 0.3 is 0 Å². The highest BCUT2D eigenvalue weighted by molar-refractivity contribution is 14.0. The number of aryl methyl sites for hydroxylation is 1. The van der Waals surface area contributed by atoms with Crippen molar-refractivity contribution in [3.05, 3.63) is 27.2 Å². The van der Waals surface area contributed by atoms with E-state index in [-0.39, 0.29) is 24.0 Å². The van der Waals surface area contributed by atoms with Crippen LogP contribution in [0.3, 0.4) is 0 Å². The molecule has 2 aromatic heterocycles. The Kier molecular flexibility index (Phi) is 8.77. The Morgan fingerprint density at radius 3 is 2.48 bits per heavy atom. The van der Waals surface area contributed by atoms with Crippen molar-refractivity contribution in [2.75, 3.05) is 32.6 Å². The molecule has 0 radical (unpaired) electrons. The molecule has 0 saturated heterocycles. The second-order valence-electron chi connectivity index (χ2n) is 4.98. The van der Waals surface area contributed by atoms with Gasteiger partial charge in [0, 0.05) is 44.9 Å². The van der Waals surface area contributed by atoms with Crippen molar-refractivity contribution >= 4 is 57.7 Å². The topological polar surface area (TPSA) is 65.4 Å². The first-order chi connectivity index (χ1) is 10.6. The van der Waals surface area contributed by atoms with Gasteiger partial charge in [0.1, 0.15) is 0 Å². The summed E-state index contributed by atoms with van der Waals surface area (Å²) in [4.78, 5) is 15.2. The molecule has 2 N–H and O–H groups in total. The van der Waals surface area contributed by atoms with Gasteiger partial charge in [-0.05, 0) is 6.92 Å². The highest BCUT2D eigenvalue weighted by Gasteiger charge is 2.05. The van der Waals surface area contributed by atoms with E-state index in [1.165, 1.54) is 0 Å². The normalized spacial score (nSPS) is 11.0. The van der Waals surface area contributed by atoms with E-state index in [1.807, 2.05) is 25.9 Å². The van der Waals surface area contributed by atoms with Crippen LogP contribution in [0.4, 0.5) is 5.13 Å². The van der Waals surface area contributed by atoms with Gasteiger partial charge < -0.3 is 15.5 Å². The van der Waals surface area contributed by atoms with E-state index in [2.05, 4.69) is 36.4 Å². The van der Waals surface area contributed by atoms with Crippen LogP contribution in [0, 0.1) is 6.92 Å². The van der Waals surface area contributed by atoms with Crippen LogP contribution in [0.1, 0.15) is 16.4 Å². The third kappa shape index (κ3) is 6.60. The maximum Gasteiger partial charge on any atom is 0.191 e. The minimum absolute atomic E-state index is 0. The molecule has 6 nitrogen and oxygen atoms in total. The lowest BCUT2D eigenvalue weighted by atomic mass is 10.3. The van der Waals surface area contributed by atoms with Crippen LogP contribution in [0.15, 0.2) is 15.8 Å². The van der Waals surface area contributed by atoms with Gasteiger partial charge in [0.05, 0.1) is 22.9 Å². The van der Waals surface area contributed by atoms with Crippen LogP contribution in [0.2, 0.25) is 0 Å². The smallest absolute Gasteiger partial charge is 0.191 e. The third-order valence-corrected chi connectivity index (χ3v) is 4.80. The van der Waals surface area contributed by atoms with Gasteiger partial charge in [0.15, 0.2) is 11.1 Å². The summed E-state index contributed by atoms with van der Waals surface area (Å²) in [5.41, 5.74) is 2.15. The number of thiazole rings is 2. The molecule has 128 valence electrons. The molecular weight excluding hydrogens is 443 g/mol. The first-order valence-corrected chi connectivity index (χ1v) is 8.81. The van der Waals surface area contributed by atoms with Gasteiger partial charge in [-0.15, -0.1) is 46.7 Å². The fourth-order valence-corrected chi connectivity index (χ4v) is 3.22. The summed E-state index contributed by atoms with van der Waals surface area (Å²) in [6.07, 6.45) is 0.895. The maximum atomic E-state index is 4.54. The Balaban J connectivity index is 0.00000264. The standard InChI is InChI=1S/C14H22N6S2.HI/c1-10-18-11(8-21-10)5-6-16-13(15-2)17-7-12-9-22-14(19-12)20(3)4;/h8-9H,5-7H2,1-4H3,(H2,15,16,17);1H. The summed E-state index contributed by atoms with van der Waals surface area (Å²) >= 11 is 3.33. The number of rotatable bonds is 6. The summed E-state index contributed by atoms with van der Waals surface area (Å²) in [7, 11) is 5.77. The number of nitrogens with one attached hydrogen (secondary N) is 2. The fourth-order valence-electron chi connectivity index (χ4n) is 1.81. The zero-order chi connectivity index (χ0) is 15.9. The van der Waals surface area contributed by atoms with E-state index in [4.69, 9.17) is 0 Å². The van der Waals surface area contributed by atoms with Crippen molar-refractivity contribution in [3.63, 3.8) is 0 Å². The highest BCUT2D eigenvalue weighted by atomic mass is 127. The van der Waals surface area contributed by atoms with Gasteiger partial charge in [-0.2, -0.15) is 0 Å². The molecule has 0 aromatic carbocycles. The number of anilines is 1. The lowest BCUT2D eigenvalue weighted by molar-refractivity contribution is 0.778. The molecule has 0 unspecified atom stereocenters. The van der Waals surface area contributed by atoms with Crippen LogP contribution in [0.25, 0.3) is 0 Å². The number of guanidine groups is 1. The SMILES string of the molecule is CN=C(NCCc1csc(C)n1)NCc1csc(N(C)C)n1.I. The van der Waals surface area contributed by atoms with Crippen molar-refractivity contribution in [1.82, 2.24) is 20.6 Å². The molecular formula is C14H23IN6S2. The molecule has 2 rings (SSSR count). The van der Waals surface area contributed by atoms with Crippen molar-refractivity contribution in [1.29, 1.82) is 0 Å². The summed E-state index contributed by atoms with van der Waals surface area (Å²) < 4.78 is 0. The predicted octanol–water partition coefficient (Wildman–Crippen LogP) is 2.50. The van der Waals surface area contributed by atoms with E-state index >= 15 is 0 Å². The summed E-state index contributed by atoms with van der Waals surface area (Å²) in [6, 6.07) is 0. The van der Waals surface area contributed by atoms with Crippen LogP contribution < -0.4 is 15.5 Å². The fraction of sp³-hybridized carbons (Fsp3) is 0.500. The number of aliphatic imine (C=N–C) groups is 1. The minimum atomic E-state index is 0. The predicted molar refractivity (Wildman–Crippen MR) is 111 cm³/mol. The lowest BCUT2D eigenvalue weighted by Crippen LogP contribution is -2.38. The Morgan fingerprint density at radius 1 is 1.17 bits per heavy atom. The van der Waals surface area contributed by atoms with E-state index in [0.29, 0.717) is 6.54 Å². The third-order valence-electron chi connectivity index (χ3n) is 2.92. The molecule has 0 aliphatic rings. The van der Waals surface area contributed by atoms with Crippen LogP contribution in [-0.4, -0.2) is 43.6 Å². The minimum Gasteiger partial charge on any atom is -0.356 e. The quantitative estimate of drug-likeness (QED) is 0.389. The highest BCUT2D eigenvalue weighted by Crippen LogP contribution is 2.17. The van der Waals surface area contributed by atoms with E-state index in [1.54, 1.807) is 29.7 Å². The number of hydrogen-bond acceptors (Lipinski definition) is 6. The zero-order valence-electron chi connectivity index (χ0n) is 13.8. The first kappa shape index (κ1) is 20.1. The van der Waals surface area contributed by atoms with Crippen molar-refractivity contribution in [2.24, 2.45) is 4.99 Å². The Hall–Kier alpha value is -0.940. The largest absolute Gasteiger partial charge is 0.356 e. The van der Waals surface area contributed by atoms with Crippen LogP contribution >= 0.6 is 46.7 Å². The van der Waals surface area contributed by atoms with Crippen molar-refractivity contribution in [2.45, 2.75) is 19.9 Å². The molecule has 2 heterocycles. The zero-order valence-corrected chi connectivity index (χ0v) is 17.8. The molecule has 23 heavy (non-hydrogen) atoms. The summed E-state index contributed by atoms with van der Waals surface area (Å²) in [6.45, 7) is 3.50. The van der Waals surface area contributed by atoms with Crippen molar-refractivity contribution < 1.29 is 0 Å². The second kappa shape index (κ2) is 10.0. The van der Waals surface area contributed by atoms with Gasteiger partial charge in [-0.25, -0.2) is 9.97 Å². The maximum absolute atomic E-state index is 4.54. The molecule has 0 amide bonds. The number of hydrogen-bond donors (Lipinski definition) is 2. The van der Waals surface area contributed by atoms with E-state index in [0.717, 1.165) is 40.5 Å². The molecule has 0 saturated carbocycles. The number of nitrogens with zero attached hydrogens (tertiary/aromatic N) is 4. The molecule has 0 fully saturated rings. The van der Waals surface area contributed by atoms with Crippen molar-refractivity contribution in [3.8, 4) is 0 Å². The lowest BCUT2D eigenvalue weighted by Gasteiger charge is -2.10. The summed E-state index contributed by atoms with van der Waals surface area (Å²) in [5.74, 6) is 0.784.